The van der Waals surface area contributed by atoms with E-state index in [1.54, 1.807) is 36.4 Å². The predicted molar refractivity (Wildman–Crippen MR) is 121 cm³/mol. The standard InChI is InChI=1S/C27H22NO3/c29-27(28-24-11-5-2-6-12-24)23-10-7-13-26(18-23)31-20-22-14-16-25(17-15-22)30-19-21-8-3-1-4-9-21/h1,3-18H,19-20H2,(H,28,29). The summed E-state index contributed by atoms with van der Waals surface area (Å²) in [5.41, 5.74) is 3.41. The van der Waals surface area contributed by atoms with Crippen molar-refractivity contribution in [3.63, 3.8) is 0 Å². The Morgan fingerprint density at radius 2 is 1.39 bits per heavy atom. The molecule has 0 aliphatic heterocycles. The monoisotopic (exact) mass is 408 g/mol. The lowest BCUT2D eigenvalue weighted by atomic mass is 10.2. The Kier molecular flexibility index (Phi) is 6.61. The number of hydrogen-bond acceptors (Lipinski definition) is 3. The average molecular weight is 408 g/mol. The molecular weight excluding hydrogens is 386 g/mol. The Labute approximate surface area is 182 Å². The van der Waals surface area contributed by atoms with Crippen LogP contribution >= 0.6 is 0 Å². The van der Waals surface area contributed by atoms with Gasteiger partial charge in [-0.3, -0.25) is 4.79 Å². The lowest BCUT2D eigenvalue weighted by Crippen LogP contribution is -2.11. The molecule has 0 fully saturated rings. The van der Waals surface area contributed by atoms with E-state index in [9.17, 15) is 4.79 Å². The third kappa shape index (κ3) is 5.97. The van der Waals surface area contributed by atoms with Crippen LogP contribution < -0.4 is 14.8 Å². The molecule has 1 radical (unpaired) electrons. The van der Waals surface area contributed by atoms with Crippen LogP contribution in [0.3, 0.4) is 0 Å². The highest BCUT2D eigenvalue weighted by atomic mass is 16.5. The number of benzene rings is 4. The van der Waals surface area contributed by atoms with Crippen molar-refractivity contribution in [2.75, 3.05) is 5.32 Å². The van der Waals surface area contributed by atoms with Crippen LogP contribution in [0.4, 0.5) is 5.69 Å². The summed E-state index contributed by atoms with van der Waals surface area (Å²) >= 11 is 0. The molecule has 0 unspecified atom stereocenters. The molecule has 0 aliphatic rings. The fourth-order valence-corrected chi connectivity index (χ4v) is 2.99. The molecule has 4 rings (SSSR count). The minimum Gasteiger partial charge on any atom is -0.489 e. The van der Waals surface area contributed by atoms with Gasteiger partial charge in [-0.25, -0.2) is 0 Å². The fraction of sp³-hybridized carbons (Fsp3) is 0.0741. The minimum absolute atomic E-state index is 0.184. The van der Waals surface area contributed by atoms with Crippen molar-refractivity contribution in [2.45, 2.75) is 13.2 Å². The lowest BCUT2D eigenvalue weighted by molar-refractivity contribution is 0.102. The molecule has 4 nitrogen and oxygen atoms in total. The zero-order valence-corrected chi connectivity index (χ0v) is 17.0. The summed E-state index contributed by atoms with van der Waals surface area (Å²) in [6.45, 7) is 0.936. The summed E-state index contributed by atoms with van der Waals surface area (Å²) in [5.74, 6) is 1.26. The van der Waals surface area contributed by atoms with Crippen LogP contribution in [0.5, 0.6) is 11.5 Å². The molecule has 4 aromatic carbocycles. The van der Waals surface area contributed by atoms with Gasteiger partial charge in [0.05, 0.1) is 0 Å². The SMILES string of the molecule is O=C(Nc1cc[c]cc1)c1cccc(OCc2ccc(OCc3ccccc3)cc2)c1. The van der Waals surface area contributed by atoms with Gasteiger partial charge in [0.1, 0.15) is 24.7 Å². The van der Waals surface area contributed by atoms with Gasteiger partial charge in [-0.2, -0.15) is 0 Å². The van der Waals surface area contributed by atoms with Crippen LogP contribution in [-0.4, -0.2) is 5.91 Å². The van der Waals surface area contributed by atoms with E-state index in [0.717, 1.165) is 22.6 Å². The number of nitrogens with one attached hydrogen (secondary N) is 1. The molecule has 0 aliphatic carbocycles. The maximum absolute atomic E-state index is 12.5. The molecule has 31 heavy (non-hydrogen) atoms. The first-order valence-electron chi connectivity index (χ1n) is 10.0. The van der Waals surface area contributed by atoms with Gasteiger partial charge in [0.25, 0.3) is 5.91 Å². The summed E-state index contributed by atoms with van der Waals surface area (Å²) in [6.07, 6.45) is 0. The van der Waals surface area contributed by atoms with E-state index >= 15 is 0 Å². The lowest BCUT2D eigenvalue weighted by Gasteiger charge is -2.10. The molecule has 0 atom stereocenters. The molecule has 4 heteroatoms. The van der Waals surface area contributed by atoms with Gasteiger partial charge >= 0.3 is 0 Å². The Hall–Kier alpha value is -4.05. The molecular formula is C27H22NO3. The van der Waals surface area contributed by atoms with Gasteiger partial charge in [-0.15, -0.1) is 0 Å². The molecule has 4 aromatic rings. The fourth-order valence-electron chi connectivity index (χ4n) is 2.99. The highest BCUT2D eigenvalue weighted by molar-refractivity contribution is 6.04. The van der Waals surface area contributed by atoms with Gasteiger partial charge in [0.2, 0.25) is 0 Å². The van der Waals surface area contributed by atoms with Crippen molar-refractivity contribution in [3.8, 4) is 11.5 Å². The Bertz CT molecular complexity index is 1110. The molecule has 0 heterocycles. The number of amides is 1. The van der Waals surface area contributed by atoms with E-state index in [1.165, 1.54) is 0 Å². The smallest absolute Gasteiger partial charge is 0.255 e. The van der Waals surface area contributed by atoms with Crippen molar-refractivity contribution < 1.29 is 14.3 Å². The van der Waals surface area contributed by atoms with E-state index < -0.39 is 0 Å². The van der Waals surface area contributed by atoms with Gasteiger partial charge in [0.15, 0.2) is 0 Å². The van der Waals surface area contributed by atoms with E-state index in [-0.39, 0.29) is 5.91 Å². The Morgan fingerprint density at radius 3 is 2.13 bits per heavy atom. The van der Waals surface area contributed by atoms with Crippen LogP contribution in [0.2, 0.25) is 0 Å². The second-order valence-electron chi connectivity index (χ2n) is 6.98. The number of carbonyl (C=O) groups excluding carboxylic acids is 1. The molecule has 0 spiro atoms. The highest BCUT2D eigenvalue weighted by Gasteiger charge is 2.07. The zero-order valence-electron chi connectivity index (χ0n) is 17.0. The molecule has 0 aromatic heterocycles. The third-order valence-electron chi connectivity index (χ3n) is 4.65. The molecule has 0 bridgehead atoms. The maximum Gasteiger partial charge on any atom is 0.255 e. The number of carbonyl (C=O) groups is 1. The van der Waals surface area contributed by atoms with Crippen LogP contribution in [0.25, 0.3) is 0 Å². The van der Waals surface area contributed by atoms with Gasteiger partial charge in [0, 0.05) is 11.3 Å². The van der Waals surface area contributed by atoms with Crippen LogP contribution in [0.1, 0.15) is 21.5 Å². The number of anilines is 1. The van der Waals surface area contributed by atoms with Crippen LogP contribution in [0, 0.1) is 6.07 Å². The quantitative estimate of drug-likeness (QED) is 0.395. The first-order valence-corrected chi connectivity index (χ1v) is 10.0. The molecule has 0 saturated carbocycles. The minimum atomic E-state index is -0.184. The van der Waals surface area contributed by atoms with E-state index in [0.29, 0.717) is 24.5 Å². The second-order valence-corrected chi connectivity index (χ2v) is 6.98. The summed E-state index contributed by atoms with van der Waals surface area (Å²) in [5, 5.41) is 2.86. The first kappa shape index (κ1) is 20.2. The van der Waals surface area contributed by atoms with Crippen molar-refractivity contribution in [3.05, 3.63) is 126 Å². The Balaban J connectivity index is 1.30. The largest absolute Gasteiger partial charge is 0.489 e. The molecule has 153 valence electrons. The van der Waals surface area contributed by atoms with Gasteiger partial charge < -0.3 is 14.8 Å². The third-order valence-corrected chi connectivity index (χ3v) is 4.65. The second kappa shape index (κ2) is 10.1. The Morgan fingerprint density at radius 1 is 0.710 bits per heavy atom. The van der Waals surface area contributed by atoms with Gasteiger partial charge in [-0.1, -0.05) is 60.7 Å². The normalized spacial score (nSPS) is 10.3. The van der Waals surface area contributed by atoms with E-state index in [1.807, 2.05) is 66.7 Å². The number of hydrogen-bond donors (Lipinski definition) is 1. The molecule has 0 saturated heterocycles. The number of rotatable bonds is 8. The van der Waals surface area contributed by atoms with Crippen molar-refractivity contribution in [1.29, 1.82) is 0 Å². The average Bonchev–Trinajstić information content (AvgIpc) is 2.83. The maximum atomic E-state index is 12.5. The summed E-state index contributed by atoms with van der Waals surface area (Å²) in [4.78, 5) is 12.5. The summed E-state index contributed by atoms with van der Waals surface area (Å²) in [6, 6.07) is 35.1. The first-order chi connectivity index (χ1) is 15.3. The van der Waals surface area contributed by atoms with E-state index in [4.69, 9.17) is 9.47 Å². The predicted octanol–water partition coefficient (Wildman–Crippen LogP) is 5.90. The molecule has 1 N–H and O–H groups in total. The van der Waals surface area contributed by atoms with Crippen molar-refractivity contribution >= 4 is 11.6 Å². The molecule has 1 amide bonds. The number of ether oxygens (including phenoxy) is 2. The topological polar surface area (TPSA) is 47.6 Å². The summed E-state index contributed by atoms with van der Waals surface area (Å²) in [7, 11) is 0. The van der Waals surface area contributed by atoms with Crippen molar-refractivity contribution in [1.82, 2.24) is 0 Å². The van der Waals surface area contributed by atoms with E-state index in [2.05, 4.69) is 11.4 Å². The summed E-state index contributed by atoms with van der Waals surface area (Å²) < 4.78 is 11.7. The van der Waals surface area contributed by atoms with Crippen LogP contribution in [-0.2, 0) is 13.2 Å². The van der Waals surface area contributed by atoms with Crippen LogP contribution in [0.15, 0.2) is 103 Å². The van der Waals surface area contributed by atoms with Crippen molar-refractivity contribution in [2.24, 2.45) is 0 Å². The highest BCUT2D eigenvalue weighted by Crippen LogP contribution is 2.19. The zero-order chi connectivity index (χ0) is 21.3. The van der Waals surface area contributed by atoms with Gasteiger partial charge in [-0.05, 0) is 59.7 Å².